The third-order valence-corrected chi connectivity index (χ3v) is 28.2. The fourth-order valence-corrected chi connectivity index (χ4v) is 13.8. The van der Waals surface area contributed by atoms with Gasteiger partial charge in [-0.3, -0.25) is 24.2 Å². The van der Waals surface area contributed by atoms with E-state index in [1.54, 1.807) is 10.8 Å². The topological polar surface area (TPSA) is 120 Å². The van der Waals surface area contributed by atoms with Gasteiger partial charge in [-0.15, -0.1) is 0 Å². The van der Waals surface area contributed by atoms with Gasteiger partial charge >= 0.3 is 17.9 Å². The average molecular weight is 1150 g/mol. The van der Waals surface area contributed by atoms with Gasteiger partial charge in [0.25, 0.3) is 0 Å². The van der Waals surface area contributed by atoms with Crippen molar-refractivity contribution < 1.29 is 37.4 Å². The summed E-state index contributed by atoms with van der Waals surface area (Å²) in [5, 5.41) is 1.19. The van der Waals surface area contributed by atoms with E-state index in [-0.39, 0.29) is 40.2 Å². The molecule has 12 nitrogen and oxygen atoms in total. The van der Waals surface area contributed by atoms with Gasteiger partial charge < -0.3 is 28.0 Å². The molecule has 1 aromatic rings. The summed E-state index contributed by atoms with van der Waals surface area (Å²) < 4.78 is 31.8. The van der Waals surface area contributed by atoms with E-state index in [4.69, 9.17) is 23.1 Å². The molecule has 0 aromatic carbocycles. The molecule has 2 heterocycles. The minimum Gasteiger partial charge on any atom is -0.465 e. The van der Waals surface area contributed by atoms with Crippen molar-refractivity contribution in [2.24, 2.45) is 11.8 Å². The molecule has 0 amide bonds. The molecule has 1 saturated heterocycles. The third kappa shape index (κ3) is 32.7. The molecule has 2 unspecified atom stereocenters. The second kappa shape index (κ2) is 39.8. The van der Waals surface area contributed by atoms with Crippen LogP contribution in [0.4, 0.5) is 0 Å². The van der Waals surface area contributed by atoms with Crippen molar-refractivity contribution in [2.45, 2.75) is 251 Å². The van der Waals surface area contributed by atoms with Crippen molar-refractivity contribution in [3.8, 4) is 0 Å². The quantitative estimate of drug-likeness (QED) is 0.0203. The molecule has 0 bridgehead atoms. The summed E-state index contributed by atoms with van der Waals surface area (Å²) in [4.78, 5) is 50.4. The lowest BCUT2D eigenvalue weighted by Gasteiger charge is -2.42. The van der Waals surface area contributed by atoms with Crippen LogP contribution in [0.2, 0.25) is 36.3 Å². The number of esters is 3. The van der Waals surface area contributed by atoms with E-state index in [1.165, 1.54) is 12.8 Å². The van der Waals surface area contributed by atoms with Crippen molar-refractivity contribution in [1.29, 1.82) is 0 Å². The highest BCUT2D eigenvalue weighted by atomic mass is 33.1. The second-order valence-corrected chi connectivity index (χ2v) is 37.1. The molecule has 0 N–H and O–H groups in total. The number of unbranched alkanes of at least 4 members (excludes halogenated alkanes) is 7. The highest BCUT2D eigenvalue weighted by Crippen LogP contribution is 2.39. The molecule has 2 atom stereocenters. The maximum absolute atomic E-state index is 13.4. The Hall–Kier alpha value is -1.51. The average Bonchev–Trinajstić information content (AvgIpc) is 3.37. The SMILES string of the molecule is CCC(CC)COC(=O)CCCCCCC(CN(CCCC(=O)OCCN1CCN(CCCCSSc2ccccn2)CC1)CC(CCCCCCC(=O)OCC(CC)CC)O[Si](C)(C)C(C)(C)C)O[Si](C)(C)C(C)(C)C. The Kier molecular flexibility index (Phi) is 37.0. The zero-order valence-corrected chi connectivity index (χ0v) is 55.5. The molecule has 448 valence electrons. The maximum atomic E-state index is 13.4. The number of nitrogens with zero attached hydrogens (tertiary/aromatic N) is 4. The number of hydrogen-bond acceptors (Lipinski definition) is 14. The summed E-state index contributed by atoms with van der Waals surface area (Å²) in [7, 11) is -0.634. The molecule has 0 spiro atoms. The van der Waals surface area contributed by atoms with Crippen LogP contribution in [0.25, 0.3) is 0 Å². The molecule has 77 heavy (non-hydrogen) atoms. The Morgan fingerprint density at radius 2 is 1.05 bits per heavy atom. The Balaban J connectivity index is 2.10. The van der Waals surface area contributed by atoms with Crippen molar-refractivity contribution in [3.05, 3.63) is 24.4 Å². The molecular weight excluding hydrogens is 1040 g/mol. The van der Waals surface area contributed by atoms with Gasteiger partial charge in [-0.2, -0.15) is 0 Å². The summed E-state index contributed by atoms with van der Waals surface area (Å²) in [6.07, 6.45) is 20.2. The van der Waals surface area contributed by atoms with Crippen LogP contribution in [0.15, 0.2) is 29.4 Å². The monoisotopic (exact) mass is 1150 g/mol. The van der Waals surface area contributed by atoms with Crippen molar-refractivity contribution in [2.75, 3.05) is 84.5 Å². The molecule has 1 aliphatic heterocycles. The summed E-state index contributed by atoms with van der Waals surface area (Å²) in [5.74, 6) is 1.75. The maximum Gasteiger partial charge on any atom is 0.305 e. The molecule has 0 radical (unpaired) electrons. The first-order chi connectivity index (χ1) is 36.5. The minimum atomic E-state index is -2.14. The van der Waals surface area contributed by atoms with E-state index in [2.05, 4.69) is 121 Å². The largest absolute Gasteiger partial charge is 0.465 e. The van der Waals surface area contributed by atoms with E-state index in [9.17, 15) is 14.4 Å². The van der Waals surface area contributed by atoms with Gasteiger partial charge in [-0.25, -0.2) is 4.98 Å². The highest BCUT2D eigenvalue weighted by Gasteiger charge is 2.41. The zero-order valence-electron chi connectivity index (χ0n) is 51.8. The zero-order chi connectivity index (χ0) is 57.2. The fraction of sp³-hybridized carbons (Fsp3) is 0.869. The molecule has 0 saturated carbocycles. The predicted octanol–water partition coefficient (Wildman–Crippen LogP) is 15.3. The van der Waals surface area contributed by atoms with Crippen LogP contribution in [-0.4, -0.2) is 151 Å². The van der Waals surface area contributed by atoms with Crippen molar-refractivity contribution >= 4 is 56.1 Å². The summed E-state index contributed by atoms with van der Waals surface area (Å²) in [6, 6.07) is 6.06. The number of carbonyl (C=O) groups excluding carboxylic acids is 3. The Morgan fingerprint density at radius 3 is 1.51 bits per heavy atom. The van der Waals surface area contributed by atoms with Crippen LogP contribution < -0.4 is 0 Å². The molecule has 1 fully saturated rings. The first-order valence-electron chi connectivity index (χ1n) is 30.7. The van der Waals surface area contributed by atoms with Crippen LogP contribution in [0.5, 0.6) is 0 Å². The fourth-order valence-electron chi connectivity index (χ4n) is 9.04. The Bertz CT molecular complexity index is 1610. The van der Waals surface area contributed by atoms with Gasteiger partial charge in [0, 0.05) is 77.0 Å². The van der Waals surface area contributed by atoms with E-state index >= 15 is 0 Å². The minimum absolute atomic E-state index is 0.0345. The number of ether oxygens (including phenoxy) is 3. The summed E-state index contributed by atoms with van der Waals surface area (Å²) in [6.45, 7) is 41.8. The summed E-state index contributed by atoms with van der Waals surface area (Å²) >= 11 is 0. The molecule has 16 heteroatoms. The number of rotatable bonds is 44. The standard InChI is InChI=1S/C61H116N4O8S2Si2/c1-15-52(16-2)50-70-58(67)35-25-21-19-23-32-54(72-76(11,12)60(5,6)7)48-65(49-55(73-77(13,14)61(8,9)10)33-24-20-22-26-36-59(68)71-51-53(17-3)18-4)40-31-37-57(66)69-46-45-64-43-41-63(42-44-64)39-29-30-47-74-75-56-34-27-28-38-62-56/h27-28,34,38,52-55H,15-26,29-33,35-37,39-51H2,1-14H3. The second-order valence-electron chi connectivity index (χ2n) is 25.2. The lowest BCUT2D eigenvalue weighted by Crippen LogP contribution is -2.50. The smallest absolute Gasteiger partial charge is 0.305 e. The third-order valence-electron chi connectivity index (χ3n) is 16.8. The van der Waals surface area contributed by atoms with Crippen molar-refractivity contribution in [1.82, 2.24) is 19.7 Å². The first kappa shape index (κ1) is 71.6. The number of aromatic nitrogens is 1. The molecular formula is C61H116N4O8S2Si2. The van der Waals surface area contributed by atoms with Crippen LogP contribution in [0.3, 0.4) is 0 Å². The van der Waals surface area contributed by atoms with Gasteiger partial charge in [-0.1, -0.05) is 150 Å². The van der Waals surface area contributed by atoms with Crippen LogP contribution in [0, 0.1) is 11.8 Å². The van der Waals surface area contributed by atoms with E-state index in [0.29, 0.717) is 57.3 Å². The van der Waals surface area contributed by atoms with Crippen LogP contribution in [-0.2, 0) is 37.4 Å². The van der Waals surface area contributed by atoms with E-state index in [0.717, 1.165) is 160 Å². The highest BCUT2D eigenvalue weighted by molar-refractivity contribution is 8.76. The number of piperazine rings is 1. The van der Waals surface area contributed by atoms with Gasteiger partial charge in [-0.05, 0) is 129 Å². The van der Waals surface area contributed by atoms with Gasteiger partial charge in [0.05, 0.1) is 25.4 Å². The number of hydrogen-bond donors (Lipinski definition) is 0. The van der Waals surface area contributed by atoms with Gasteiger partial charge in [0.1, 0.15) is 11.6 Å². The lowest BCUT2D eigenvalue weighted by atomic mass is 10.1. The Labute approximate surface area is 482 Å². The van der Waals surface area contributed by atoms with Crippen molar-refractivity contribution in [3.63, 3.8) is 0 Å². The normalized spacial score (nSPS) is 15.1. The van der Waals surface area contributed by atoms with E-state index < -0.39 is 16.6 Å². The van der Waals surface area contributed by atoms with Gasteiger partial charge in [0.2, 0.25) is 0 Å². The molecule has 0 aliphatic carbocycles. The summed E-state index contributed by atoms with van der Waals surface area (Å²) in [5.41, 5.74) is 0. The molecule has 2 rings (SSSR count). The lowest BCUT2D eigenvalue weighted by molar-refractivity contribution is -0.146. The van der Waals surface area contributed by atoms with Gasteiger partial charge in [0.15, 0.2) is 16.6 Å². The van der Waals surface area contributed by atoms with Crippen LogP contribution in [0.1, 0.15) is 198 Å². The van der Waals surface area contributed by atoms with E-state index in [1.807, 2.05) is 29.1 Å². The molecule has 1 aromatic heterocycles. The first-order valence-corrected chi connectivity index (χ1v) is 38.9. The Morgan fingerprint density at radius 1 is 0.597 bits per heavy atom. The molecule has 1 aliphatic rings. The van der Waals surface area contributed by atoms with Crippen LogP contribution >= 0.6 is 21.6 Å². The number of pyridine rings is 1. The number of carbonyl (C=O) groups is 3. The predicted molar refractivity (Wildman–Crippen MR) is 331 cm³/mol.